The molecule has 2 unspecified atom stereocenters. The zero-order valence-electron chi connectivity index (χ0n) is 17.6. The highest BCUT2D eigenvalue weighted by molar-refractivity contribution is 5.76. The molecule has 30 heavy (non-hydrogen) atoms. The van der Waals surface area contributed by atoms with Crippen molar-refractivity contribution in [3.63, 3.8) is 0 Å². The average Bonchev–Trinajstić information content (AvgIpc) is 3.42. The SMILES string of the molecule is COc1ccc(C(O)C(CN2CCCC2)NC(=O)CC2Cc3ccccc3C2)nc1. The molecule has 1 amide bonds. The molecule has 160 valence electrons. The van der Waals surface area contributed by atoms with Gasteiger partial charge in [-0.3, -0.25) is 9.78 Å². The first-order valence-electron chi connectivity index (χ1n) is 10.9. The number of nitrogens with one attached hydrogen (secondary N) is 1. The highest BCUT2D eigenvalue weighted by atomic mass is 16.5. The Morgan fingerprint density at radius 2 is 1.90 bits per heavy atom. The lowest BCUT2D eigenvalue weighted by molar-refractivity contribution is -0.123. The summed E-state index contributed by atoms with van der Waals surface area (Å²) >= 11 is 0. The Morgan fingerprint density at radius 3 is 2.50 bits per heavy atom. The van der Waals surface area contributed by atoms with Crippen molar-refractivity contribution in [2.45, 2.75) is 44.2 Å². The maximum absolute atomic E-state index is 12.9. The third kappa shape index (κ3) is 4.99. The number of nitrogens with zero attached hydrogens (tertiary/aromatic N) is 2. The number of aliphatic hydroxyl groups is 1. The van der Waals surface area contributed by atoms with Gasteiger partial charge in [0.25, 0.3) is 0 Å². The van der Waals surface area contributed by atoms with Crippen LogP contribution >= 0.6 is 0 Å². The van der Waals surface area contributed by atoms with Gasteiger partial charge in [-0.05, 0) is 68.0 Å². The van der Waals surface area contributed by atoms with Gasteiger partial charge < -0.3 is 20.1 Å². The Kier molecular flexibility index (Phi) is 6.65. The molecule has 1 fully saturated rings. The Labute approximate surface area is 178 Å². The molecule has 0 spiro atoms. The van der Waals surface area contributed by atoms with E-state index in [-0.39, 0.29) is 11.9 Å². The van der Waals surface area contributed by atoms with Crippen LogP contribution in [-0.4, -0.2) is 53.7 Å². The van der Waals surface area contributed by atoms with E-state index in [4.69, 9.17) is 4.74 Å². The third-order valence-electron chi connectivity index (χ3n) is 6.29. The summed E-state index contributed by atoms with van der Waals surface area (Å²) in [6.45, 7) is 2.64. The predicted octanol–water partition coefficient (Wildman–Crippen LogP) is 2.51. The number of hydrogen-bond donors (Lipinski definition) is 2. The second-order valence-electron chi connectivity index (χ2n) is 8.50. The summed E-state index contributed by atoms with van der Waals surface area (Å²) in [7, 11) is 1.59. The number of methoxy groups -OCH3 is 1. The van der Waals surface area contributed by atoms with E-state index >= 15 is 0 Å². The number of amides is 1. The molecular formula is C24H31N3O3. The van der Waals surface area contributed by atoms with Gasteiger partial charge in [0.2, 0.25) is 5.91 Å². The molecule has 0 radical (unpaired) electrons. The van der Waals surface area contributed by atoms with Gasteiger partial charge in [0.15, 0.2) is 0 Å². The molecule has 0 bridgehead atoms. The minimum Gasteiger partial charge on any atom is -0.495 e. The van der Waals surface area contributed by atoms with Crippen molar-refractivity contribution in [2.24, 2.45) is 5.92 Å². The summed E-state index contributed by atoms with van der Waals surface area (Å²) in [4.78, 5) is 19.5. The van der Waals surface area contributed by atoms with E-state index in [0.29, 0.717) is 30.3 Å². The van der Waals surface area contributed by atoms with Crippen LogP contribution in [0.15, 0.2) is 42.6 Å². The van der Waals surface area contributed by atoms with E-state index in [0.717, 1.165) is 38.8 Å². The molecular weight excluding hydrogens is 378 g/mol. The average molecular weight is 410 g/mol. The smallest absolute Gasteiger partial charge is 0.220 e. The Hall–Kier alpha value is -2.44. The largest absolute Gasteiger partial charge is 0.495 e. The highest BCUT2D eigenvalue weighted by Gasteiger charge is 2.29. The minimum atomic E-state index is -0.860. The van der Waals surface area contributed by atoms with Crippen LogP contribution in [0.4, 0.5) is 0 Å². The number of hydrogen-bond acceptors (Lipinski definition) is 5. The Balaban J connectivity index is 1.40. The van der Waals surface area contributed by atoms with Crippen LogP contribution in [0.2, 0.25) is 0 Å². The molecule has 2 aromatic rings. The number of rotatable bonds is 8. The van der Waals surface area contributed by atoms with Gasteiger partial charge in [-0.25, -0.2) is 0 Å². The van der Waals surface area contributed by atoms with Crippen LogP contribution < -0.4 is 10.1 Å². The number of aromatic nitrogens is 1. The van der Waals surface area contributed by atoms with Crippen LogP contribution in [0.1, 0.15) is 42.2 Å². The molecule has 6 nitrogen and oxygen atoms in total. The van der Waals surface area contributed by atoms with Crippen molar-refractivity contribution in [3.8, 4) is 5.75 Å². The number of carbonyl (C=O) groups excluding carboxylic acids is 1. The fourth-order valence-electron chi connectivity index (χ4n) is 4.68. The van der Waals surface area contributed by atoms with Crippen molar-refractivity contribution in [2.75, 3.05) is 26.7 Å². The van der Waals surface area contributed by atoms with E-state index in [2.05, 4.69) is 39.5 Å². The van der Waals surface area contributed by atoms with E-state index in [1.807, 2.05) is 0 Å². The molecule has 1 saturated heterocycles. The number of pyridine rings is 1. The molecule has 0 saturated carbocycles. The zero-order valence-corrected chi connectivity index (χ0v) is 17.6. The number of fused-ring (bicyclic) bond motifs is 1. The number of aliphatic hydroxyl groups excluding tert-OH is 1. The van der Waals surface area contributed by atoms with Gasteiger partial charge >= 0.3 is 0 Å². The molecule has 2 aliphatic rings. The van der Waals surface area contributed by atoms with Gasteiger partial charge in [-0.2, -0.15) is 0 Å². The summed E-state index contributed by atoms with van der Waals surface area (Å²) in [6.07, 6.45) is 5.44. The van der Waals surface area contributed by atoms with Crippen LogP contribution in [0.3, 0.4) is 0 Å². The molecule has 1 aliphatic heterocycles. The molecule has 2 heterocycles. The summed E-state index contributed by atoms with van der Waals surface area (Å²) in [6, 6.07) is 11.6. The Morgan fingerprint density at radius 1 is 1.20 bits per heavy atom. The fraction of sp³-hybridized carbons (Fsp3) is 0.500. The lowest BCUT2D eigenvalue weighted by Crippen LogP contribution is -2.47. The highest BCUT2D eigenvalue weighted by Crippen LogP contribution is 2.29. The Bertz CT molecular complexity index is 824. The third-order valence-corrected chi connectivity index (χ3v) is 6.29. The van der Waals surface area contributed by atoms with Crippen LogP contribution in [0, 0.1) is 5.92 Å². The van der Waals surface area contributed by atoms with Crippen molar-refractivity contribution >= 4 is 5.91 Å². The number of carbonyl (C=O) groups is 1. The summed E-state index contributed by atoms with van der Waals surface area (Å²) < 4.78 is 5.16. The zero-order chi connectivity index (χ0) is 20.9. The molecule has 2 atom stereocenters. The van der Waals surface area contributed by atoms with Gasteiger partial charge in [0.1, 0.15) is 11.9 Å². The van der Waals surface area contributed by atoms with Crippen molar-refractivity contribution in [1.82, 2.24) is 15.2 Å². The maximum Gasteiger partial charge on any atom is 0.220 e. The lowest BCUT2D eigenvalue weighted by atomic mass is 10.0. The van der Waals surface area contributed by atoms with Crippen molar-refractivity contribution in [1.29, 1.82) is 0 Å². The van der Waals surface area contributed by atoms with Crippen LogP contribution in [-0.2, 0) is 17.6 Å². The molecule has 1 aromatic heterocycles. The predicted molar refractivity (Wildman–Crippen MR) is 115 cm³/mol. The first-order valence-corrected chi connectivity index (χ1v) is 10.9. The summed E-state index contributed by atoms with van der Waals surface area (Å²) in [5.74, 6) is 0.975. The van der Waals surface area contributed by atoms with Crippen molar-refractivity contribution in [3.05, 3.63) is 59.4 Å². The molecule has 2 N–H and O–H groups in total. The van der Waals surface area contributed by atoms with E-state index < -0.39 is 6.10 Å². The number of ether oxygens (including phenoxy) is 1. The van der Waals surface area contributed by atoms with Gasteiger partial charge in [-0.15, -0.1) is 0 Å². The fourth-order valence-corrected chi connectivity index (χ4v) is 4.68. The minimum absolute atomic E-state index is 0.00423. The van der Waals surface area contributed by atoms with E-state index in [1.165, 1.54) is 11.1 Å². The summed E-state index contributed by atoms with van der Waals surface area (Å²) in [5.41, 5.74) is 3.26. The quantitative estimate of drug-likeness (QED) is 0.701. The number of likely N-dealkylation sites (tertiary alicyclic amines) is 1. The lowest BCUT2D eigenvalue weighted by Gasteiger charge is -2.28. The van der Waals surface area contributed by atoms with Crippen molar-refractivity contribution < 1.29 is 14.6 Å². The molecule has 6 heteroatoms. The summed E-state index contributed by atoms with van der Waals surface area (Å²) in [5, 5.41) is 14.1. The molecule has 1 aliphatic carbocycles. The van der Waals surface area contributed by atoms with Crippen LogP contribution in [0.5, 0.6) is 5.75 Å². The van der Waals surface area contributed by atoms with Gasteiger partial charge in [0, 0.05) is 13.0 Å². The van der Waals surface area contributed by atoms with E-state index in [9.17, 15) is 9.90 Å². The van der Waals surface area contributed by atoms with E-state index in [1.54, 1.807) is 25.4 Å². The second-order valence-corrected chi connectivity index (χ2v) is 8.50. The first kappa shape index (κ1) is 20.8. The second kappa shape index (κ2) is 9.58. The normalized spacial score (nSPS) is 18.7. The molecule has 1 aromatic carbocycles. The first-order chi connectivity index (χ1) is 14.6. The standard InChI is InChI=1S/C24H31N3O3/c1-30-20-8-9-21(25-15-20)24(29)22(16-27-10-4-5-11-27)26-23(28)14-17-12-18-6-2-3-7-19(18)13-17/h2-3,6-9,15,17,22,24,29H,4-5,10-14,16H2,1H3,(H,26,28). The number of benzene rings is 1. The van der Waals surface area contributed by atoms with Gasteiger partial charge in [-0.1, -0.05) is 24.3 Å². The topological polar surface area (TPSA) is 74.7 Å². The van der Waals surface area contributed by atoms with Gasteiger partial charge in [0.05, 0.1) is 25.0 Å². The van der Waals surface area contributed by atoms with Crippen LogP contribution in [0.25, 0.3) is 0 Å². The maximum atomic E-state index is 12.9. The monoisotopic (exact) mass is 409 g/mol. The molecule has 4 rings (SSSR count).